The maximum Gasteiger partial charge on any atom is 0.169 e. The SMILES string of the molecule is CCCCC/C=C\C/C=C\CCCCCCCCC1(CCCCCCCC/C=C\C/C=C\CCCCC)O[C@@H]2C3CCCC3[C@@H]2O1. The Morgan fingerprint density at radius 1 is 0.435 bits per heavy atom. The molecular weight excluding hydrogens is 560 g/mol. The zero-order chi connectivity index (χ0) is 32.4. The second-order valence-corrected chi connectivity index (χ2v) is 15.0. The zero-order valence-corrected chi connectivity index (χ0v) is 30.8. The Balaban J connectivity index is 1.20. The summed E-state index contributed by atoms with van der Waals surface area (Å²) in [6.45, 7) is 4.55. The van der Waals surface area contributed by atoms with Crippen molar-refractivity contribution in [1.82, 2.24) is 0 Å². The van der Waals surface area contributed by atoms with Crippen molar-refractivity contribution < 1.29 is 9.47 Å². The molecule has 0 amide bonds. The summed E-state index contributed by atoms with van der Waals surface area (Å²) in [6.07, 6.45) is 57.5. The van der Waals surface area contributed by atoms with Crippen LogP contribution in [0.3, 0.4) is 0 Å². The molecule has 46 heavy (non-hydrogen) atoms. The first-order chi connectivity index (χ1) is 22.8. The largest absolute Gasteiger partial charge is 0.344 e. The topological polar surface area (TPSA) is 18.5 Å². The second kappa shape index (κ2) is 25.8. The molecule has 0 aromatic carbocycles. The molecule has 0 bridgehead atoms. The number of hydrogen-bond acceptors (Lipinski definition) is 2. The van der Waals surface area contributed by atoms with E-state index in [1.165, 1.54) is 161 Å². The van der Waals surface area contributed by atoms with Crippen LogP contribution in [0.15, 0.2) is 48.6 Å². The van der Waals surface area contributed by atoms with Gasteiger partial charge in [-0.1, -0.05) is 146 Å². The van der Waals surface area contributed by atoms with Crippen LogP contribution in [0.25, 0.3) is 0 Å². The molecule has 264 valence electrons. The third-order valence-corrected chi connectivity index (χ3v) is 11.0. The Labute approximate surface area is 287 Å². The van der Waals surface area contributed by atoms with E-state index >= 15 is 0 Å². The van der Waals surface area contributed by atoms with Crippen molar-refractivity contribution in [2.75, 3.05) is 0 Å². The first-order valence-electron chi connectivity index (χ1n) is 20.8. The van der Waals surface area contributed by atoms with Crippen molar-refractivity contribution in [3.63, 3.8) is 0 Å². The summed E-state index contributed by atoms with van der Waals surface area (Å²) >= 11 is 0. The molecule has 2 saturated carbocycles. The highest BCUT2D eigenvalue weighted by Crippen LogP contribution is 2.57. The average molecular weight is 637 g/mol. The van der Waals surface area contributed by atoms with Crippen molar-refractivity contribution in [3.8, 4) is 0 Å². The van der Waals surface area contributed by atoms with E-state index in [1.807, 2.05) is 0 Å². The highest BCUT2D eigenvalue weighted by atomic mass is 16.8. The van der Waals surface area contributed by atoms with Crippen molar-refractivity contribution in [2.24, 2.45) is 11.8 Å². The van der Waals surface area contributed by atoms with Gasteiger partial charge in [-0.15, -0.1) is 0 Å². The molecule has 0 spiro atoms. The van der Waals surface area contributed by atoms with Crippen LogP contribution < -0.4 is 0 Å². The van der Waals surface area contributed by atoms with E-state index in [1.54, 1.807) is 0 Å². The van der Waals surface area contributed by atoms with Gasteiger partial charge in [0.2, 0.25) is 0 Å². The minimum Gasteiger partial charge on any atom is -0.344 e. The number of unbranched alkanes of at least 4 members (excludes halogenated alkanes) is 18. The van der Waals surface area contributed by atoms with E-state index in [9.17, 15) is 0 Å². The standard InChI is InChI=1S/C44H76O2/c1-3-5-7-9-11-13-15-17-19-21-23-25-27-29-31-33-38-44(45-42-40-36-35-37-41(40)43(42)46-44)39-34-32-30-28-26-24-22-20-18-16-14-12-10-8-6-4-2/h11-14,17-20,40-43H,3-10,15-16,21-39H2,1-2H3/b13-11-,14-12-,19-17-,20-18-/t40?,41?,42-,43+. The smallest absolute Gasteiger partial charge is 0.169 e. The summed E-state index contributed by atoms with van der Waals surface area (Å²) in [4.78, 5) is 0. The predicted molar refractivity (Wildman–Crippen MR) is 201 cm³/mol. The highest BCUT2D eigenvalue weighted by Gasteiger charge is 2.62. The summed E-state index contributed by atoms with van der Waals surface area (Å²) in [7, 11) is 0. The molecule has 1 aliphatic heterocycles. The molecule has 0 radical (unpaired) electrons. The Hall–Kier alpha value is -1.12. The lowest BCUT2D eigenvalue weighted by atomic mass is 9.71. The van der Waals surface area contributed by atoms with Gasteiger partial charge in [0.25, 0.3) is 0 Å². The lowest BCUT2D eigenvalue weighted by Gasteiger charge is -2.41. The van der Waals surface area contributed by atoms with E-state index in [4.69, 9.17) is 9.47 Å². The molecule has 2 heteroatoms. The lowest BCUT2D eigenvalue weighted by molar-refractivity contribution is -0.182. The fraction of sp³-hybridized carbons (Fsp3) is 0.818. The van der Waals surface area contributed by atoms with Gasteiger partial charge in [-0.05, 0) is 102 Å². The van der Waals surface area contributed by atoms with Crippen molar-refractivity contribution in [2.45, 2.75) is 218 Å². The molecule has 2 unspecified atom stereocenters. The zero-order valence-electron chi connectivity index (χ0n) is 30.8. The van der Waals surface area contributed by atoms with Crippen LogP contribution in [0, 0.1) is 11.8 Å². The number of ether oxygens (including phenoxy) is 2. The summed E-state index contributed by atoms with van der Waals surface area (Å²) in [5, 5.41) is 0. The third-order valence-electron chi connectivity index (χ3n) is 11.0. The average Bonchev–Trinajstić information content (AvgIpc) is 3.64. The van der Waals surface area contributed by atoms with E-state index in [0.717, 1.165) is 37.5 Å². The number of fused-ring (bicyclic) bond motifs is 4. The van der Waals surface area contributed by atoms with E-state index < -0.39 is 0 Å². The Kier molecular flexibility index (Phi) is 22.1. The van der Waals surface area contributed by atoms with Crippen LogP contribution in [0.5, 0.6) is 0 Å². The monoisotopic (exact) mass is 637 g/mol. The molecule has 3 fully saturated rings. The van der Waals surface area contributed by atoms with E-state index in [0.29, 0.717) is 12.2 Å². The molecule has 0 aromatic heterocycles. The van der Waals surface area contributed by atoms with Gasteiger partial charge in [-0.3, -0.25) is 0 Å². The number of allylic oxidation sites excluding steroid dienone is 8. The van der Waals surface area contributed by atoms with Gasteiger partial charge in [-0.25, -0.2) is 0 Å². The summed E-state index contributed by atoms with van der Waals surface area (Å²) in [5.74, 6) is 1.35. The van der Waals surface area contributed by atoms with Crippen LogP contribution in [-0.2, 0) is 9.47 Å². The van der Waals surface area contributed by atoms with Gasteiger partial charge in [0, 0.05) is 12.8 Å². The quantitative estimate of drug-likeness (QED) is 0.0577. The van der Waals surface area contributed by atoms with Crippen LogP contribution in [0.1, 0.15) is 200 Å². The van der Waals surface area contributed by atoms with Crippen molar-refractivity contribution in [1.29, 1.82) is 0 Å². The highest BCUT2D eigenvalue weighted by molar-refractivity contribution is 5.07. The molecule has 0 N–H and O–H groups in total. The molecule has 3 rings (SSSR count). The van der Waals surface area contributed by atoms with Gasteiger partial charge in [0.05, 0.1) is 12.2 Å². The van der Waals surface area contributed by atoms with Gasteiger partial charge in [0.1, 0.15) is 0 Å². The summed E-state index contributed by atoms with van der Waals surface area (Å²) in [6, 6.07) is 0. The maximum absolute atomic E-state index is 6.86. The van der Waals surface area contributed by atoms with Crippen LogP contribution in [0.4, 0.5) is 0 Å². The second-order valence-electron chi connectivity index (χ2n) is 15.0. The first-order valence-corrected chi connectivity index (χ1v) is 20.8. The molecule has 1 saturated heterocycles. The minimum atomic E-state index is -0.260. The number of rotatable bonds is 30. The predicted octanol–water partition coefficient (Wildman–Crippen LogP) is 14.3. The van der Waals surface area contributed by atoms with Crippen LogP contribution in [-0.4, -0.2) is 18.0 Å². The molecule has 4 atom stereocenters. The van der Waals surface area contributed by atoms with E-state index in [2.05, 4.69) is 62.5 Å². The number of hydrogen-bond donors (Lipinski definition) is 0. The van der Waals surface area contributed by atoms with Gasteiger partial charge in [0.15, 0.2) is 5.79 Å². The molecule has 2 aliphatic carbocycles. The summed E-state index contributed by atoms with van der Waals surface area (Å²) in [5.41, 5.74) is 0. The van der Waals surface area contributed by atoms with Crippen molar-refractivity contribution >= 4 is 0 Å². The fourth-order valence-electron chi connectivity index (χ4n) is 8.13. The van der Waals surface area contributed by atoms with Crippen molar-refractivity contribution in [3.05, 3.63) is 48.6 Å². The molecule has 2 nitrogen and oxygen atoms in total. The molecule has 3 aliphatic rings. The van der Waals surface area contributed by atoms with Gasteiger partial charge in [-0.2, -0.15) is 0 Å². The lowest BCUT2D eigenvalue weighted by Crippen LogP contribution is -2.50. The molecular formula is C44H76O2. The molecule has 1 heterocycles. The molecule has 0 aromatic rings. The third kappa shape index (κ3) is 15.9. The fourth-order valence-corrected chi connectivity index (χ4v) is 8.13. The first kappa shape index (κ1) is 39.3. The van der Waals surface area contributed by atoms with Gasteiger partial charge >= 0.3 is 0 Å². The Morgan fingerprint density at radius 3 is 1.17 bits per heavy atom. The summed E-state index contributed by atoms with van der Waals surface area (Å²) < 4.78 is 13.7. The van der Waals surface area contributed by atoms with Crippen LogP contribution in [0.2, 0.25) is 0 Å². The van der Waals surface area contributed by atoms with Gasteiger partial charge < -0.3 is 9.47 Å². The van der Waals surface area contributed by atoms with Crippen LogP contribution >= 0.6 is 0 Å². The Bertz CT molecular complexity index is 769. The maximum atomic E-state index is 6.86. The van der Waals surface area contributed by atoms with E-state index in [-0.39, 0.29) is 5.79 Å². The minimum absolute atomic E-state index is 0.260. The Morgan fingerprint density at radius 2 is 0.783 bits per heavy atom. The normalized spacial score (nSPS) is 23.8.